The predicted molar refractivity (Wildman–Crippen MR) is 75.6 cm³/mol. The zero-order valence-electron chi connectivity index (χ0n) is 11.8. The van der Waals surface area contributed by atoms with Crippen LogP contribution in [0.1, 0.15) is 26.7 Å². The largest absolute Gasteiger partial charge is 0.494 e. The topological polar surface area (TPSA) is 75.6 Å². The zero-order chi connectivity index (χ0) is 15.0. The Labute approximate surface area is 118 Å². The minimum atomic E-state index is -1.01. The summed E-state index contributed by atoms with van der Waals surface area (Å²) < 4.78 is 5.46. The lowest BCUT2D eigenvalue weighted by molar-refractivity contribution is -0.143. The van der Waals surface area contributed by atoms with Crippen LogP contribution >= 0.6 is 0 Å². The second-order valence-electron chi connectivity index (χ2n) is 4.89. The number of rotatable bonds is 8. The van der Waals surface area contributed by atoms with Crippen molar-refractivity contribution >= 4 is 11.9 Å². The Morgan fingerprint density at radius 1 is 1.25 bits per heavy atom. The van der Waals surface area contributed by atoms with Crippen molar-refractivity contribution in [2.24, 2.45) is 5.92 Å². The van der Waals surface area contributed by atoms with Crippen LogP contribution in [0.2, 0.25) is 0 Å². The van der Waals surface area contributed by atoms with Gasteiger partial charge in [0.25, 0.3) is 0 Å². The molecule has 110 valence electrons. The minimum Gasteiger partial charge on any atom is -0.494 e. The molecular weight excluding hydrogens is 258 g/mol. The highest BCUT2D eigenvalue weighted by Crippen LogP contribution is 2.09. The number of carbonyl (C=O) groups excluding carboxylic acids is 1. The minimum absolute atomic E-state index is 0.142. The average Bonchev–Trinajstić information content (AvgIpc) is 2.41. The number of ether oxygens (including phenoxy) is 1. The van der Waals surface area contributed by atoms with E-state index in [1.54, 1.807) is 13.8 Å². The first kappa shape index (κ1) is 16.0. The standard InChI is InChI=1S/C15H21NO4/c1-11(2)14(15(18)19)16-13(17)9-6-10-20-12-7-4-3-5-8-12/h3-5,7-8,11,14H,6,9-10H2,1-2H3,(H,16,17)(H,18,19)/t14-/m1/s1. The number of hydrogen-bond acceptors (Lipinski definition) is 3. The van der Waals surface area contributed by atoms with Gasteiger partial charge in [0, 0.05) is 6.42 Å². The van der Waals surface area contributed by atoms with Crippen molar-refractivity contribution in [1.29, 1.82) is 0 Å². The SMILES string of the molecule is CC(C)[C@@H](NC(=O)CCCOc1ccccc1)C(=O)O. The third-order valence-electron chi connectivity index (χ3n) is 2.81. The van der Waals surface area contributed by atoms with Gasteiger partial charge in [-0.15, -0.1) is 0 Å². The summed E-state index contributed by atoms with van der Waals surface area (Å²) in [6.07, 6.45) is 0.800. The van der Waals surface area contributed by atoms with E-state index in [0.29, 0.717) is 13.0 Å². The van der Waals surface area contributed by atoms with Gasteiger partial charge in [0.05, 0.1) is 6.61 Å². The maximum absolute atomic E-state index is 11.6. The van der Waals surface area contributed by atoms with E-state index in [4.69, 9.17) is 9.84 Å². The molecule has 0 radical (unpaired) electrons. The van der Waals surface area contributed by atoms with Crippen LogP contribution in [0, 0.1) is 5.92 Å². The summed E-state index contributed by atoms with van der Waals surface area (Å²) in [4.78, 5) is 22.6. The third-order valence-corrected chi connectivity index (χ3v) is 2.81. The van der Waals surface area contributed by atoms with E-state index in [1.165, 1.54) is 0 Å². The van der Waals surface area contributed by atoms with Crippen molar-refractivity contribution in [2.75, 3.05) is 6.61 Å². The van der Waals surface area contributed by atoms with Crippen LogP contribution in [0.4, 0.5) is 0 Å². The van der Waals surface area contributed by atoms with Gasteiger partial charge in [-0.3, -0.25) is 4.79 Å². The van der Waals surface area contributed by atoms with Gasteiger partial charge in [0.2, 0.25) is 5.91 Å². The first-order valence-electron chi connectivity index (χ1n) is 6.70. The first-order valence-corrected chi connectivity index (χ1v) is 6.70. The maximum Gasteiger partial charge on any atom is 0.326 e. The second kappa shape index (κ2) is 8.19. The molecule has 1 aromatic rings. The molecule has 0 saturated carbocycles. The van der Waals surface area contributed by atoms with Gasteiger partial charge in [0.1, 0.15) is 11.8 Å². The summed E-state index contributed by atoms with van der Waals surface area (Å²) in [6, 6.07) is 8.51. The van der Waals surface area contributed by atoms with Gasteiger partial charge in [-0.25, -0.2) is 4.79 Å². The molecule has 0 heterocycles. The van der Waals surface area contributed by atoms with E-state index in [1.807, 2.05) is 30.3 Å². The molecule has 0 saturated heterocycles. The monoisotopic (exact) mass is 279 g/mol. The lowest BCUT2D eigenvalue weighted by Crippen LogP contribution is -2.44. The van der Waals surface area contributed by atoms with E-state index in [0.717, 1.165) is 5.75 Å². The molecule has 2 N–H and O–H groups in total. The van der Waals surface area contributed by atoms with Crippen LogP contribution in [-0.4, -0.2) is 29.6 Å². The summed E-state index contributed by atoms with van der Waals surface area (Å²) in [5.41, 5.74) is 0. The highest BCUT2D eigenvalue weighted by molar-refractivity contribution is 5.83. The van der Waals surface area contributed by atoms with Crippen molar-refractivity contribution in [2.45, 2.75) is 32.7 Å². The number of para-hydroxylation sites is 1. The van der Waals surface area contributed by atoms with Gasteiger partial charge in [-0.1, -0.05) is 32.0 Å². The molecule has 0 aliphatic heterocycles. The van der Waals surface area contributed by atoms with Crippen molar-refractivity contribution in [3.63, 3.8) is 0 Å². The summed E-state index contributed by atoms with van der Waals surface area (Å²) >= 11 is 0. The molecule has 0 fully saturated rings. The van der Waals surface area contributed by atoms with E-state index in [2.05, 4.69) is 5.32 Å². The highest BCUT2D eigenvalue weighted by atomic mass is 16.5. The third kappa shape index (κ3) is 5.73. The number of carbonyl (C=O) groups is 2. The number of aliphatic carboxylic acids is 1. The normalized spacial score (nSPS) is 11.9. The lowest BCUT2D eigenvalue weighted by Gasteiger charge is -2.17. The number of carboxylic acids is 1. The molecule has 1 aromatic carbocycles. The Morgan fingerprint density at radius 3 is 2.45 bits per heavy atom. The highest BCUT2D eigenvalue weighted by Gasteiger charge is 2.22. The molecule has 0 aliphatic carbocycles. The number of carboxylic acid groups (broad SMARTS) is 1. The number of nitrogens with one attached hydrogen (secondary N) is 1. The van der Waals surface area contributed by atoms with Crippen LogP contribution in [0.25, 0.3) is 0 Å². The Kier molecular flexibility index (Phi) is 6.56. The fourth-order valence-corrected chi connectivity index (χ4v) is 1.70. The van der Waals surface area contributed by atoms with Gasteiger partial charge >= 0.3 is 5.97 Å². The average molecular weight is 279 g/mol. The van der Waals surface area contributed by atoms with Crippen molar-refractivity contribution in [1.82, 2.24) is 5.32 Å². The molecular formula is C15H21NO4. The number of benzene rings is 1. The number of amides is 1. The van der Waals surface area contributed by atoms with Crippen molar-refractivity contribution in [3.8, 4) is 5.75 Å². The fraction of sp³-hybridized carbons (Fsp3) is 0.467. The molecule has 5 heteroatoms. The lowest BCUT2D eigenvalue weighted by atomic mass is 10.0. The van der Waals surface area contributed by atoms with E-state index < -0.39 is 12.0 Å². The number of hydrogen-bond donors (Lipinski definition) is 2. The van der Waals surface area contributed by atoms with Crippen LogP contribution in [-0.2, 0) is 9.59 Å². The van der Waals surface area contributed by atoms with Crippen molar-refractivity contribution in [3.05, 3.63) is 30.3 Å². The summed E-state index contributed by atoms with van der Waals surface area (Å²) in [5, 5.41) is 11.5. The molecule has 0 aromatic heterocycles. The van der Waals surface area contributed by atoms with Crippen LogP contribution in [0.15, 0.2) is 30.3 Å². The molecule has 1 amide bonds. The molecule has 1 rings (SSSR count). The van der Waals surface area contributed by atoms with Gasteiger partial charge in [-0.2, -0.15) is 0 Å². The molecule has 0 aliphatic rings. The Morgan fingerprint density at radius 2 is 1.90 bits per heavy atom. The Bertz CT molecular complexity index is 431. The molecule has 1 atom stereocenters. The molecule has 0 bridgehead atoms. The van der Waals surface area contributed by atoms with Crippen LogP contribution in [0.3, 0.4) is 0 Å². The second-order valence-corrected chi connectivity index (χ2v) is 4.89. The van der Waals surface area contributed by atoms with Crippen molar-refractivity contribution < 1.29 is 19.4 Å². The summed E-state index contributed by atoms with van der Waals surface area (Å²) in [7, 11) is 0. The van der Waals surface area contributed by atoms with E-state index >= 15 is 0 Å². The van der Waals surface area contributed by atoms with Gasteiger partial charge in [0.15, 0.2) is 0 Å². The van der Waals surface area contributed by atoms with Crippen LogP contribution in [0.5, 0.6) is 5.75 Å². The Hall–Kier alpha value is -2.04. The predicted octanol–water partition coefficient (Wildman–Crippen LogP) is 2.07. The molecule has 0 unspecified atom stereocenters. The molecule has 0 spiro atoms. The van der Waals surface area contributed by atoms with Gasteiger partial charge < -0.3 is 15.2 Å². The van der Waals surface area contributed by atoms with Gasteiger partial charge in [-0.05, 0) is 24.5 Å². The van der Waals surface area contributed by atoms with E-state index in [9.17, 15) is 9.59 Å². The quantitative estimate of drug-likeness (QED) is 0.714. The Balaban J connectivity index is 2.24. The van der Waals surface area contributed by atoms with E-state index in [-0.39, 0.29) is 18.2 Å². The smallest absolute Gasteiger partial charge is 0.326 e. The maximum atomic E-state index is 11.6. The fourth-order valence-electron chi connectivity index (χ4n) is 1.70. The molecule has 5 nitrogen and oxygen atoms in total. The first-order chi connectivity index (χ1) is 9.50. The summed E-state index contributed by atoms with van der Waals surface area (Å²) in [5.74, 6) is -0.646. The zero-order valence-corrected chi connectivity index (χ0v) is 11.8. The molecule has 20 heavy (non-hydrogen) atoms. The van der Waals surface area contributed by atoms with Crippen LogP contribution < -0.4 is 10.1 Å². The summed E-state index contributed by atoms with van der Waals surface area (Å²) in [6.45, 7) is 3.95.